The molecule has 1 aromatic rings. The number of rotatable bonds is 10. The first-order chi connectivity index (χ1) is 11.9. The van der Waals surface area contributed by atoms with E-state index in [4.69, 9.17) is 0 Å². The highest BCUT2D eigenvalue weighted by Gasteiger charge is 2.04. The molecule has 0 aliphatic rings. The van der Waals surface area contributed by atoms with Gasteiger partial charge in [-0.25, -0.2) is 0 Å². The van der Waals surface area contributed by atoms with Crippen LogP contribution in [-0.2, 0) is 6.42 Å². The summed E-state index contributed by atoms with van der Waals surface area (Å²) in [6, 6.07) is 8.89. The molecule has 0 aliphatic heterocycles. The Morgan fingerprint density at radius 1 is 0.800 bits per heavy atom. The summed E-state index contributed by atoms with van der Waals surface area (Å²) in [7, 11) is 0. The van der Waals surface area contributed by atoms with Crippen molar-refractivity contribution in [2.24, 2.45) is 0 Å². The molecule has 0 nitrogen and oxygen atoms in total. The van der Waals surface area contributed by atoms with Gasteiger partial charge in [-0.15, -0.1) is 0 Å². The first-order valence-electron chi connectivity index (χ1n) is 9.92. The van der Waals surface area contributed by atoms with Crippen molar-refractivity contribution in [3.05, 3.63) is 70.3 Å². The van der Waals surface area contributed by atoms with Crippen molar-refractivity contribution in [2.75, 3.05) is 0 Å². The van der Waals surface area contributed by atoms with Crippen LogP contribution in [0, 0.1) is 0 Å². The second-order valence-electron chi connectivity index (χ2n) is 7.85. The van der Waals surface area contributed by atoms with Crippen LogP contribution in [0.1, 0.15) is 90.7 Å². The standard InChI is InChI=1S/C25H38/c1-20(2)12-9-13-22(5)14-10-15-23(6)16-11-18-24-17-7-8-19-25(24)21(3)4/h7-8,12,14,16-17,19,21H,9-11,13,15,18H2,1-6H3/b22-14+,23-16+. The Kier molecular flexibility index (Phi) is 10.2. The van der Waals surface area contributed by atoms with Crippen molar-refractivity contribution in [3.8, 4) is 0 Å². The maximum Gasteiger partial charge on any atom is -0.0216 e. The SMILES string of the molecule is CC(C)=CCC/C(C)=C/CC/C(C)=C/CCc1ccccc1C(C)C. The van der Waals surface area contributed by atoms with Crippen molar-refractivity contribution in [1.82, 2.24) is 0 Å². The number of aryl methyl sites for hydroxylation is 1. The van der Waals surface area contributed by atoms with Gasteiger partial charge in [-0.3, -0.25) is 0 Å². The molecule has 0 aliphatic carbocycles. The largest absolute Gasteiger partial charge is 0.0856 e. The van der Waals surface area contributed by atoms with Crippen LogP contribution in [0.5, 0.6) is 0 Å². The third-order valence-electron chi connectivity index (χ3n) is 4.71. The zero-order valence-corrected chi connectivity index (χ0v) is 17.4. The molecule has 0 saturated heterocycles. The summed E-state index contributed by atoms with van der Waals surface area (Å²) in [6.45, 7) is 13.5. The molecule has 0 aromatic heterocycles. The minimum absolute atomic E-state index is 0.612. The number of hydrogen-bond donors (Lipinski definition) is 0. The fraction of sp³-hybridized carbons (Fsp3) is 0.520. The van der Waals surface area contributed by atoms with E-state index in [-0.39, 0.29) is 0 Å². The Morgan fingerprint density at radius 2 is 1.36 bits per heavy atom. The maximum atomic E-state index is 2.43. The summed E-state index contributed by atoms with van der Waals surface area (Å²) in [5, 5.41) is 0. The molecule has 0 unspecified atom stereocenters. The number of hydrogen-bond acceptors (Lipinski definition) is 0. The van der Waals surface area contributed by atoms with Crippen LogP contribution < -0.4 is 0 Å². The highest BCUT2D eigenvalue weighted by Crippen LogP contribution is 2.21. The van der Waals surface area contributed by atoms with Gasteiger partial charge in [-0.05, 0) is 83.3 Å². The monoisotopic (exact) mass is 338 g/mol. The van der Waals surface area contributed by atoms with Crippen LogP contribution in [0.15, 0.2) is 59.2 Å². The Morgan fingerprint density at radius 3 is 1.96 bits per heavy atom. The van der Waals surface area contributed by atoms with E-state index in [0.29, 0.717) is 5.92 Å². The van der Waals surface area contributed by atoms with Gasteiger partial charge in [-0.2, -0.15) is 0 Å². The van der Waals surface area contributed by atoms with E-state index >= 15 is 0 Å². The normalized spacial score (nSPS) is 12.6. The quantitative estimate of drug-likeness (QED) is 0.377. The molecule has 0 amide bonds. The van der Waals surface area contributed by atoms with Crippen LogP contribution in [0.3, 0.4) is 0 Å². The lowest BCUT2D eigenvalue weighted by Gasteiger charge is -2.11. The molecule has 0 N–H and O–H groups in total. The van der Waals surface area contributed by atoms with Crippen molar-refractivity contribution >= 4 is 0 Å². The van der Waals surface area contributed by atoms with Crippen molar-refractivity contribution in [1.29, 1.82) is 0 Å². The molecular formula is C25H38. The smallest absolute Gasteiger partial charge is 0.0216 e. The van der Waals surface area contributed by atoms with Crippen molar-refractivity contribution in [3.63, 3.8) is 0 Å². The molecule has 0 radical (unpaired) electrons. The Labute approximate surface area is 156 Å². The zero-order valence-electron chi connectivity index (χ0n) is 17.4. The minimum Gasteiger partial charge on any atom is -0.0856 e. The third kappa shape index (κ3) is 9.48. The summed E-state index contributed by atoms with van der Waals surface area (Å²) >= 11 is 0. The van der Waals surface area contributed by atoms with E-state index in [1.165, 1.54) is 53.5 Å². The van der Waals surface area contributed by atoms with Crippen molar-refractivity contribution < 1.29 is 0 Å². The summed E-state index contributed by atoms with van der Waals surface area (Å²) in [4.78, 5) is 0. The van der Waals surface area contributed by atoms with Crippen LogP contribution in [0.2, 0.25) is 0 Å². The van der Waals surface area contributed by atoms with Crippen LogP contribution in [0.25, 0.3) is 0 Å². The minimum atomic E-state index is 0.612. The molecule has 0 fully saturated rings. The maximum absolute atomic E-state index is 2.43. The van der Waals surface area contributed by atoms with E-state index < -0.39 is 0 Å². The van der Waals surface area contributed by atoms with Gasteiger partial charge in [0, 0.05) is 0 Å². The third-order valence-corrected chi connectivity index (χ3v) is 4.71. The topological polar surface area (TPSA) is 0 Å². The van der Waals surface area contributed by atoms with Crippen LogP contribution >= 0.6 is 0 Å². The predicted octanol–water partition coefficient (Wildman–Crippen LogP) is 8.16. The van der Waals surface area contributed by atoms with Gasteiger partial charge in [0.2, 0.25) is 0 Å². The van der Waals surface area contributed by atoms with Gasteiger partial charge < -0.3 is 0 Å². The van der Waals surface area contributed by atoms with E-state index in [2.05, 4.69) is 84.0 Å². The lowest BCUT2D eigenvalue weighted by atomic mass is 9.94. The molecule has 0 saturated carbocycles. The summed E-state index contributed by atoms with van der Waals surface area (Å²) in [6.07, 6.45) is 14.2. The van der Waals surface area contributed by atoms with Crippen molar-refractivity contribution in [2.45, 2.75) is 86.0 Å². The average molecular weight is 339 g/mol. The second kappa shape index (κ2) is 11.9. The first kappa shape index (κ1) is 21.5. The van der Waals surface area contributed by atoms with Gasteiger partial charge in [0.25, 0.3) is 0 Å². The van der Waals surface area contributed by atoms with E-state index in [1.54, 1.807) is 0 Å². The second-order valence-corrected chi connectivity index (χ2v) is 7.85. The fourth-order valence-electron chi connectivity index (χ4n) is 3.14. The number of benzene rings is 1. The predicted molar refractivity (Wildman–Crippen MR) is 114 cm³/mol. The van der Waals surface area contributed by atoms with Crippen LogP contribution in [-0.4, -0.2) is 0 Å². The molecule has 0 atom stereocenters. The Balaban J connectivity index is 2.38. The lowest BCUT2D eigenvalue weighted by molar-refractivity contribution is 0.830. The first-order valence-corrected chi connectivity index (χ1v) is 9.92. The molecule has 1 aromatic carbocycles. The number of allylic oxidation sites excluding steroid dienone is 6. The van der Waals surface area contributed by atoms with Gasteiger partial charge >= 0.3 is 0 Å². The highest BCUT2D eigenvalue weighted by atomic mass is 14.1. The molecule has 0 heteroatoms. The molecule has 0 heterocycles. The molecule has 1 rings (SSSR count). The van der Waals surface area contributed by atoms with Gasteiger partial charge in [-0.1, -0.05) is 73.1 Å². The zero-order chi connectivity index (χ0) is 18.7. The molecule has 25 heavy (non-hydrogen) atoms. The van der Waals surface area contributed by atoms with Gasteiger partial charge in [0.05, 0.1) is 0 Å². The summed E-state index contributed by atoms with van der Waals surface area (Å²) < 4.78 is 0. The van der Waals surface area contributed by atoms with E-state index in [0.717, 1.165) is 12.8 Å². The average Bonchev–Trinajstić information content (AvgIpc) is 2.54. The van der Waals surface area contributed by atoms with Gasteiger partial charge in [0.15, 0.2) is 0 Å². The molecule has 0 spiro atoms. The van der Waals surface area contributed by atoms with Gasteiger partial charge in [0.1, 0.15) is 0 Å². The highest BCUT2D eigenvalue weighted by molar-refractivity contribution is 5.30. The van der Waals surface area contributed by atoms with E-state index in [9.17, 15) is 0 Å². The lowest BCUT2D eigenvalue weighted by Crippen LogP contribution is -1.95. The fourth-order valence-corrected chi connectivity index (χ4v) is 3.14. The van der Waals surface area contributed by atoms with Crippen LogP contribution in [0.4, 0.5) is 0 Å². The Hall–Kier alpha value is -1.56. The summed E-state index contributed by atoms with van der Waals surface area (Å²) in [5.74, 6) is 0.612. The molecule has 0 bridgehead atoms. The molecule has 138 valence electrons. The Bertz CT molecular complexity index is 592. The summed E-state index contributed by atoms with van der Waals surface area (Å²) in [5.41, 5.74) is 7.48. The van der Waals surface area contributed by atoms with E-state index in [1.807, 2.05) is 0 Å². The molecular weight excluding hydrogens is 300 g/mol.